The van der Waals surface area contributed by atoms with Gasteiger partial charge < -0.3 is 5.11 Å². The number of hydrogen-bond acceptors (Lipinski definition) is 3. The lowest BCUT2D eigenvalue weighted by Crippen LogP contribution is -2.50. The van der Waals surface area contributed by atoms with Crippen LogP contribution in [0, 0.1) is 5.41 Å². The van der Waals surface area contributed by atoms with Crippen LogP contribution < -0.4 is 0 Å². The third-order valence-electron chi connectivity index (χ3n) is 3.53. The molecule has 0 saturated carbocycles. The zero-order valence-corrected chi connectivity index (χ0v) is 11.3. The van der Waals surface area contributed by atoms with Crippen LogP contribution in [0.1, 0.15) is 39.5 Å². The number of piperidine rings is 1. The van der Waals surface area contributed by atoms with E-state index in [0.29, 0.717) is 32.2 Å². The van der Waals surface area contributed by atoms with Gasteiger partial charge >= 0.3 is 5.97 Å². The van der Waals surface area contributed by atoms with Gasteiger partial charge in [0.15, 0.2) is 0 Å². The molecule has 1 N–H and O–H groups in total. The summed E-state index contributed by atoms with van der Waals surface area (Å²) < 4.78 is 25.2. The first kappa shape index (κ1) is 14.4. The molecule has 1 saturated heterocycles. The minimum atomic E-state index is -3.28. The summed E-state index contributed by atoms with van der Waals surface area (Å²) in [6.07, 6.45) is 2.23. The zero-order chi connectivity index (χ0) is 13.1. The molecule has 1 atom stereocenters. The van der Waals surface area contributed by atoms with Gasteiger partial charge in [-0.2, -0.15) is 0 Å². The molecule has 1 rings (SSSR count). The van der Waals surface area contributed by atoms with Gasteiger partial charge in [0, 0.05) is 13.1 Å². The SMILES string of the molecule is CCCS(=O)(=O)N1CCCC(CC)(C(=O)O)C1. The van der Waals surface area contributed by atoms with E-state index in [4.69, 9.17) is 0 Å². The average molecular weight is 263 g/mol. The molecule has 1 aliphatic rings. The minimum absolute atomic E-state index is 0.104. The van der Waals surface area contributed by atoms with E-state index < -0.39 is 21.4 Å². The molecule has 0 aromatic heterocycles. The van der Waals surface area contributed by atoms with Crippen LogP contribution in [0.2, 0.25) is 0 Å². The third kappa shape index (κ3) is 2.98. The molecular weight excluding hydrogens is 242 g/mol. The number of carboxylic acid groups (broad SMARTS) is 1. The summed E-state index contributed by atoms with van der Waals surface area (Å²) >= 11 is 0. The first-order valence-electron chi connectivity index (χ1n) is 6.09. The molecule has 0 aliphatic carbocycles. The van der Waals surface area contributed by atoms with Crippen molar-refractivity contribution in [2.45, 2.75) is 39.5 Å². The van der Waals surface area contributed by atoms with E-state index in [-0.39, 0.29) is 12.3 Å². The lowest BCUT2D eigenvalue weighted by Gasteiger charge is -2.38. The molecule has 0 radical (unpaired) electrons. The molecule has 5 nitrogen and oxygen atoms in total. The van der Waals surface area contributed by atoms with Crippen molar-refractivity contribution in [3.63, 3.8) is 0 Å². The second-order valence-electron chi connectivity index (χ2n) is 4.69. The van der Waals surface area contributed by atoms with Crippen molar-refractivity contribution < 1.29 is 18.3 Å². The summed E-state index contributed by atoms with van der Waals surface area (Å²) in [7, 11) is -3.28. The van der Waals surface area contributed by atoms with E-state index in [1.54, 1.807) is 0 Å². The maximum absolute atomic E-state index is 11.9. The van der Waals surface area contributed by atoms with E-state index in [9.17, 15) is 18.3 Å². The average Bonchev–Trinajstić information content (AvgIpc) is 2.28. The third-order valence-corrected chi connectivity index (χ3v) is 5.55. The van der Waals surface area contributed by atoms with E-state index >= 15 is 0 Å². The molecular formula is C11H21NO4S. The molecule has 6 heteroatoms. The normalized spacial score (nSPS) is 26.9. The van der Waals surface area contributed by atoms with E-state index in [1.165, 1.54) is 4.31 Å². The molecule has 0 bridgehead atoms. The van der Waals surface area contributed by atoms with Crippen LogP contribution in [-0.2, 0) is 14.8 Å². The van der Waals surface area contributed by atoms with Gasteiger partial charge in [-0.15, -0.1) is 0 Å². The molecule has 1 heterocycles. The lowest BCUT2D eigenvalue weighted by atomic mass is 9.78. The second-order valence-corrected chi connectivity index (χ2v) is 6.78. The predicted molar refractivity (Wildman–Crippen MR) is 65.2 cm³/mol. The molecule has 0 amide bonds. The Hall–Kier alpha value is -0.620. The highest BCUT2D eigenvalue weighted by Crippen LogP contribution is 2.34. The van der Waals surface area contributed by atoms with Crippen LogP contribution in [0.15, 0.2) is 0 Å². The smallest absolute Gasteiger partial charge is 0.310 e. The molecule has 0 spiro atoms. The fourth-order valence-electron chi connectivity index (χ4n) is 2.33. The van der Waals surface area contributed by atoms with Gasteiger partial charge in [0.2, 0.25) is 10.0 Å². The van der Waals surface area contributed by atoms with Gasteiger partial charge in [-0.1, -0.05) is 13.8 Å². The van der Waals surface area contributed by atoms with Crippen molar-refractivity contribution in [1.82, 2.24) is 4.31 Å². The summed E-state index contributed by atoms with van der Waals surface area (Å²) in [4.78, 5) is 11.3. The summed E-state index contributed by atoms with van der Waals surface area (Å²) in [6, 6.07) is 0. The maximum atomic E-state index is 11.9. The Bertz CT molecular complexity index is 379. The van der Waals surface area contributed by atoms with Crippen LogP contribution in [0.25, 0.3) is 0 Å². The fraction of sp³-hybridized carbons (Fsp3) is 0.909. The van der Waals surface area contributed by atoms with E-state index in [0.717, 1.165) is 0 Å². The number of carboxylic acids is 1. The van der Waals surface area contributed by atoms with Crippen molar-refractivity contribution in [2.24, 2.45) is 5.41 Å². The van der Waals surface area contributed by atoms with Crippen molar-refractivity contribution in [3.8, 4) is 0 Å². The van der Waals surface area contributed by atoms with Gasteiger partial charge in [0.05, 0.1) is 11.2 Å². The Morgan fingerprint density at radius 2 is 2.06 bits per heavy atom. The number of nitrogens with zero attached hydrogens (tertiary/aromatic N) is 1. The van der Waals surface area contributed by atoms with Crippen molar-refractivity contribution in [3.05, 3.63) is 0 Å². The summed E-state index contributed by atoms with van der Waals surface area (Å²) in [5, 5.41) is 9.28. The topological polar surface area (TPSA) is 74.7 Å². The Morgan fingerprint density at radius 1 is 1.41 bits per heavy atom. The van der Waals surface area contributed by atoms with Crippen molar-refractivity contribution in [1.29, 1.82) is 0 Å². The Kier molecular flexibility index (Phi) is 4.55. The number of aliphatic carboxylic acids is 1. The van der Waals surface area contributed by atoms with Crippen LogP contribution in [0.5, 0.6) is 0 Å². The zero-order valence-electron chi connectivity index (χ0n) is 10.5. The quantitative estimate of drug-likeness (QED) is 0.811. The molecule has 1 unspecified atom stereocenters. The molecule has 17 heavy (non-hydrogen) atoms. The summed E-state index contributed by atoms with van der Waals surface area (Å²) in [6.45, 7) is 4.20. The van der Waals surface area contributed by atoms with Crippen LogP contribution in [-0.4, -0.2) is 42.6 Å². The first-order chi connectivity index (χ1) is 7.88. The highest BCUT2D eigenvalue weighted by atomic mass is 32.2. The summed E-state index contributed by atoms with van der Waals surface area (Å²) in [5.74, 6) is -0.775. The van der Waals surface area contributed by atoms with Gasteiger partial charge in [-0.25, -0.2) is 12.7 Å². The molecule has 1 aliphatic heterocycles. The van der Waals surface area contributed by atoms with Gasteiger partial charge in [-0.05, 0) is 25.7 Å². The van der Waals surface area contributed by atoms with E-state index in [1.807, 2.05) is 13.8 Å². The van der Waals surface area contributed by atoms with Gasteiger partial charge in [0.1, 0.15) is 0 Å². The molecule has 0 aromatic carbocycles. The number of sulfonamides is 1. The molecule has 0 aromatic rings. The lowest BCUT2D eigenvalue weighted by molar-refractivity contribution is -0.151. The van der Waals surface area contributed by atoms with Crippen LogP contribution >= 0.6 is 0 Å². The van der Waals surface area contributed by atoms with Crippen molar-refractivity contribution >= 4 is 16.0 Å². The van der Waals surface area contributed by atoms with Gasteiger partial charge in [-0.3, -0.25) is 4.79 Å². The monoisotopic (exact) mass is 263 g/mol. The minimum Gasteiger partial charge on any atom is -0.481 e. The Labute approximate surface area is 103 Å². The Balaban J connectivity index is 2.89. The standard InChI is InChI=1S/C11H21NO4S/c1-3-8-17(15,16)12-7-5-6-11(4-2,9-12)10(13)14/h3-9H2,1-2H3,(H,13,14). The highest BCUT2D eigenvalue weighted by molar-refractivity contribution is 7.89. The largest absolute Gasteiger partial charge is 0.481 e. The maximum Gasteiger partial charge on any atom is 0.310 e. The van der Waals surface area contributed by atoms with Crippen LogP contribution in [0.3, 0.4) is 0 Å². The molecule has 100 valence electrons. The summed E-state index contributed by atoms with van der Waals surface area (Å²) in [5.41, 5.74) is -0.890. The molecule has 1 fully saturated rings. The number of rotatable bonds is 5. The van der Waals surface area contributed by atoms with Crippen molar-refractivity contribution in [2.75, 3.05) is 18.8 Å². The second kappa shape index (κ2) is 5.35. The first-order valence-corrected chi connectivity index (χ1v) is 7.70. The fourth-order valence-corrected chi connectivity index (χ4v) is 3.95. The number of hydrogen-bond donors (Lipinski definition) is 1. The predicted octanol–water partition coefficient (Wildman–Crippen LogP) is 1.30. The Morgan fingerprint density at radius 3 is 2.53 bits per heavy atom. The van der Waals surface area contributed by atoms with E-state index in [2.05, 4.69) is 0 Å². The van der Waals surface area contributed by atoms with Crippen LogP contribution in [0.4, 0.5) is 0 Å². The number of carbonyl (C=O) groups is 1. The highest BCUT2D eigenvalue weighted by Gasteiger charge is 2.43. The van der Waals surface area contributed by atoms with Gasteiger partial charge in [0.25, 0.3) is 0 Å².